The molecule has 0 fully saturated rings. The number of hydrogen-bond donors (Lipinski definition) is 0. The third kappa shape index (κ3) is 4.38. The van der Waals surface area contributed by atoms with Gasteiger partial charge in [0.1, 0.15) is 17.4 Å². The Kier molecular flexibility index (Phi) is 6.65. The van der Waals surface area contributed by atoms with E-state index >= 15 is 0 Å². The highest BCUT2D eigenvalue weighted by molar-refractivity contribution is 6.19. The molecule has 2 heterocycles. The fourth-order valence-electron chi connectivity index (χ4n) is 4.17. The van der Waals surface area contributed by atoms with Crippen molar-refractivity contribution >= 4 is 17.9 Å². The van der Waals surface area contributed by atoms with Crippen LogP contribution in [0.25, 0.3) is 23.0 Å². The fourth-order valence-corrected chi connectivity index (χ4v) is 4.17. The predicted molar refractivity (Wildman–Crippen MR) is 134 cm³/mol. The van der Waals surface area contributed by atoms with Crippen LogP contribution < -0.4 is 4.74 Å². The number of aryl methyl sites for hydroxylation is 1. The number of nitriles is 1. The number of nitrogens with zero attached hydrogens (tertiary/aromatic N) is 4. The zero-order chi connectivity index (χ0) is 25.1. The van der Waals surface area contributed by atoms with Crippen LogP contribution in [-0.4, -0.2) is 40.1 Å². The Morgan fingerprint density at radius 2 is 1.83 bits per heavy atom. The van der Waals surface area contributed by atoms with E-state index in [1.54, 1.807) is 24.8 Å². The summed E-state index contributed by atoms with van der Waals surface area (Å²) in [6, 6.07) is 17.5. The normalized spacial score (nSPS) is 15.1. The molecule has 7 nitrogen and oxygen atoms in total. The number of ether oxygens (including phenoxy) is 1. The molecule has 0 N–H and O–H groups in total. The maximum absolute atomic E-state index is 13.3. The SMILES string of the molecule is CCCN1C(=O)C(C#N)=C(C)/C(=C\c2cn(-c3ccccc3)nc2-c2ccc(OC)c(C)c2)C1=O. The lowest BCUT2D eigenvalue weighted by Crippen LogP contribution is -2.43. The van der Waals surface area contributed by atoms with Crippen LogP contribution in [0.1, 0.15) is 31.4 Å². The molecule has 7 heteroatoms. The highest BCUT2D eigenvalue weighted by Crippen LogP contribution is 2.32. The molecule has 0 spiro atoms. The first-order chi connectivity index (χ1) is 16.9. The van der Waals surface area contributed by atoms with Gasteiger partial charge in [0.15, 0.2) is 0 Å². The largest absolute Gasteiger partial charge is 0.496 e. The number of hydrogen-bond acceptors (Lipinski definition) is 5. The van der Waals surface area contributed by atoms with Gasteiger partial charge in [-0.05, 0) is 67.8 Å². The van der Waals surface area contributed by atoms with Crippen LogP contribution in [0.15, 0.2) is 71.4 Å². The number of rotatable bonds is 6. The van der Waals surface area contributed by atoms with Gasteiger partial charge in [0.2, 0.25) is 0 Å². The smallest absolute Gasteiger partial charge is 0.271 e. The Balaban J connectivity index is 1.93. The zero-order valence-corrected chi connectivity index (χ0v) is 20.2. The molecular formula is C28H26N4O3. The lowest BCUT2D eigenvalue weighted by molar-refractivity contribution is -0.140. The number of imide groups is 1. The molecule has 1 aliphatic heterocycles. The first kappa shape index (κ1) is 23.7. The number of benzene rings is 2. The highest BCUT2D eigenvalue weighted by atomic mass is 16.5. The summed E-state index contributed by atoms with van der Waals surface area (Å²) in [6.45, 7) is 5.73. The summed E-state index contributed by atoms with van der Waals surface area (Å²) in [4.78, 5) is 27.2. The summed E-state index contributed by atoms with van der Waals surface area (Å²) in [7, 11) is 1.63. The molecule has 1 aliphatic rings. The van der Waals surface area contributed by atoms with Crippen LogP contribution in [-0.2, 0) is 9.59 Å². The van der Waals surface area contributed by atoms with E-state index < -0.39 is 11.8 Å². The molecule has 2 amide bonds. The van der Waals surface area contributed by atoms with Gasteiger partial charge in [-0.1, -0.05) is 25.1 Å². The van der Waals surface area contributed by atoms with Gasteiger partial charge in [0.05, 0.1) is 18.5 Å². The monoisotopic (exact) mass is 466 g/mol. The number of methoxy groups -OCH3 is 1. The lowest BCUT2D eigenvalue weighted by atomic mass is 9.93. The quantitative estimate of drug-likeness (QED) is 0.382. The molecule has 176 valence electrons. The minimum absolute atomic E-state index is 0.0124. The Bertz CT molecular complexity index is 1410. The molecule has 1 aromatic heterocycles. The second-order valence-corrected chi connectivity index (χ2v) is 8.33. The van der Waals surface area contributed by atoms with Crippen LogP contribution in [0.2, 0.25) is 0 Å². The molecule has 4 rings (SSSR count). The molecule has 0 bridgehead atoms. The van der Waals surface area contributed by atoms with E-state index in [-0.39, 0.29) is 12.1 Å². The summed E-state index contributed by atoms with van der Waals surface area (Å²) < 4.78 is 7.16. The van der Waals surface area contributed by atoms with Crippen molar-refractivity contribution in [2.45, 2.75) is 27.2 Å². The van der Waals surface area contributed by atoms with Crippen LogP contribution in [0.5, 0.6) is 5.75 Å². The van der Waals surface area contributed by atoms with Crippen LogP contribution in [0, 0.1) is 18.3 Å². The molecular weight excluding hydrogens is 440 g/mol. The molecule has 0 radical (unpaired) electrons. The van der Waals surface area contributed by atoms with E-state index in [4.69, 9.17) is 9.84 Å². The third-order valence-corrected chi connectivity index (χ3v) is 6.00. The Morgan fingerprint density at radius 1 is 1.09 bits per heavy atom. The summed E-state index contributed by atoms with van der Waals surface area (Å²) in [5, 5.41) is 14.5. The average molecular weight is 467 g/mol. The van der Waals surface area contributed by atoms with E-state index in [9.17, 15) is 14.9 Å². The van der Waals surface area contributed by atoms with Crippen molar-refractivity contribution in [1.29, 1.82) is 5.26 Å². The van der Waals surface area contributed by atoms with Gasteiger partial charge < -0.3 is 4.74 Å². The summed E-state index contributed by atoms with van der Waals surface area (Å²) in [5.74, 6) is -0.178. The minimum atomic E-state index is -0.542. The van der Waals surface area contributed by atoms with Gasteiger partial charge in [0.25, 0.3) is 11.8 Å². The van der Waals surface area contributed by atoms with Crippen molar-refractivity contribution in [2.75, 3.05) is 13.7 Å². The molecule has 3 aromatic rings. The van der Waals surface area contributed by atoms with E-state index in [2.05, 4.69) is 0 Å². The van der Waals surface area contributed by atoms with Crippen molar-refractivity contribution in [2.24, 2.45) is 0 Å². The maximum atomic E-state index is 13.3. The van der Waals surface area contributed by atoms with Gasteiger partial charge in [-0.15, -0.1) is 0 Å². The standard InChI is InChI=1S/C28H26N4O3/c1-5-13-31-27(33)23(19(3)24(16-29)28(31)34)15-21-17-32(22-9-7-6-8-10-22)30-26(21)20-11-12-25(35-4)18(2)14-20/h6-12,14-15,17H,5,13H2,1-4H3/b23-15+. The van der Waals surface area contributed by atoms with Crippen LogP contribution >= 0.6 is 0 Å². The van der Waals surface area contributed by atoms with Crippen molar-refractivity contribution in [3.8, 4) is 28.8 Å². The molecule has 0 atom stereocenters. The second kappa shape index (κ2) is 9.82. The van der Waals surface area contributed by atoms with Gasteiger partial charge in [-0.3, -0.25) is 14.5 Å². The summed E-state index contributed by atoms with van der Waals surface area (Å²) in [6.07, 6.45) is 4.18. The van der Waals surface area contributed by atoms with E-state index in [0.29, 0.717) is 28.8 Å². The maximum Gasteiger partial charge on any atom is 0.271 e. The van der Waals surface area contributed by atoms with Gasteiger partial charge in [-0.25, -0.2) is 4.68 Å². The van der Waals surface area contributed by atoms with Gasteiger partial charge in [0, 0.05) is 29.4 Å². The highest BCUT2D eigenvalue weighted by Gasteiger charge is 2.35. The number of carbonyl (C=O) groups excluding carboxylic acids is 2. The molecule has 0 saturated carbocycles. The van der Waals surface area contributed by atoms with Crippen molar-refractivity contribution in [3.05, 3.63) is 82.6 Å². The number of para-hydroxylation sites is 1. The second-order valence-electron chi connectivity index (χ2n) is 8.33. The van der Waals surface area contributed by atoms with Crippen LogP contribution in [0.3, 0.4) is 0 Å². The topological polar surface area (TPSA) is 88.2 Å². The Morgan fingerprint density at radius 3 is 2.46 bits per heavy atom. The first-order valence-electron chi connectivity index (χ1n) is 11.4. The van der Waals surface area contributed by atoms with Crippen molar-refractivity contribution < 1.29 is 14.3 Å². The molecule has 0 aliphatic carbocycles. The lowest BCUT2D eigenvalue weighted by Gasteiger charge is -2.27. The number of carbonyl (C=O) groups is 2. The third-order valence-electron chi connectivity index (χ3n) is 6.00. The molecule has 0 saturated heterocycles. The van der Waals surface area contributed by atoms with Gasteiger partial charge >= 0.3 is 0 Å². The minimum Gasteiger partial charge on any atom is -0.496 e. The fraction of sp³-hybridized carbons (Fsp3) is 0.214. The Hall–Kier alpha value is -4.44. The van der Waals surface area contributed by atoms with E-state index in [1.807, 2.05) is 74.6 Å². The van der Waals surface area contributed by atoms with Crippen molar-refractivity contribution in [1.82, 2.24) is 14.7 Å². The first-order valence-corrected chi connectivity index (χ1v) is 11.4. The zero-order valence-electron chi connectivity index (χ0n) is 20.2. The van der Waals surface area contributed by atoms with Crippen molar-refractivity contribution in [3.63, 3.8) is 0 Å². The average Bonchev–Trinajstić information content (AvgIpc) is 3.29. The van der Waals surface area contributed by atoms with Gasteiger partial charge in [-0.2, -0.15) is 10.4 Å². The summed E-state index contributed by atoms with van der Waals surface area (Å²) in [5.41, 5.74) is 4.72. The number of aromatic nitrogens is 2. The molecule has 0 unspecified atom stereocenters. The van der Waals surface area contributed by atoms with E-state index in [1.165, 1.54) is 0 Å². The van der Waals surface area contributed by atoms with E-state index in [0.717, 1.165) is 27.5 Å². The summed E-state index contributed by atoms with van der Waals surface area (Å²) >= 11 is 0. The molecule has 2 aromatic carbocycles. The number of amides is 2. The Labute approximate surface area is 204 Å². The molecule has 35 heavy (non-hydrogen) atoms. The van der Waals surface area contributed by atoms with Crippen LogP contribution in [0.4, 0.5) is 0 Å². The predicted octanol–water partition coefficient (Wildman–Crippen LogP) is 4.86.